The molecule has 0 aromatic rings. The molecule has 0 spiro atoms. The molecule has 1 saturated heterocycles. The average molecular weight is 212 g/mol. The van der Waals surface area contributed by atoms with Crippen molar-refractivity contribution in [1.29, 1.82) is 0 Å². The maximum Gasteiger partial charge on any atom is 0.235 e. The summed E-state index contributed by atoms with van der Waals surface area (Å²) >= 11 is 0. The van der Waals surface area contributed by atoms with Crippen LogP contribution in [0.2, 0.25) is 0 Å². The van der Waals surface area contributed by atoms with Crippen molar-refractivity contribution in [3.8, 4) is 0 Å². The first-order chi connectivity index (χ1) is 6.94. The van der Waals surface area contributed by atoms with Crippen molar-refractivity contribution in [2.75, 3.05) is 6.54 Å². The zero-order chi connectivity index (χ0) is 11.6. The Kier molecular flexibility index (Phi) is 3.50. The second kappa shape index (κ2) is 4.31. The zero-order valence-corrected chi connectivity index (χ0v) is 9.75. The molecule has 0 radical (unpaired) electrons. The fourth-order valence-corrected chi connectivity index (χ4v) is 2.06. The molecule has 86 valence electrons. The molecular formula is C11H20N2O2. The summed E-state index contributed by atoms with van der Waals surface area (Å²) in [5.74, 6) is -0.0990. The first-order valence-electron chi connectivity index (χ1n) is 5.50. The van der Waals surface area contributed by atoms with E-state index in [1.54, 1.807) is 0 Å². The first kappa shape index (κ1) is 12.2. The monoisotopic (exact) mass is 212 g/mol. The van der Waals surface area contributed by atoms with Gasteiger partial charge in [0.05, 0.1) is 5.41 Å². The van der Waals surface area contributed by atoms with Gasteiger partial charge in [-0.1, -0.05) is 20.8 Å². The Morgan fingerprint density at radius 2 is 2.07 bits per heavy atom. The van der Waals surface area contributed by atoms with Gasteiger partial charge in [-0.2, -0.15) is 0 Å². The predicted octanol–water partition coefficient (Wildman–Crippen LogP) is 0.899. The van der Waals surface area contributed by atoms with E-state index >= 15 is 0 Å². The molecule has 1 unspecified atom stereocenters. The highest BCUT2D eigenvalue weighted by molar-refractivity contribution is 6.05. The highest BCUT2D eigenvalue weighted by Crippen LogP contribution is 2.33. The standard InChI is InChI=1S/C11H20N2O2/c1-4-8(5-6-12)13-9(14)7-11(2,3)10(13)15/h8H,4-7,12H2,1-3H3. The fraction of sp³-hybridized carbons (Fsp3) is 0.818. The Morgan fingerprint density at radius 1 is 1.47 bits per heavy atom. The van der Waals surface area contributed by atoms with Crippen LogP contribution in [0.4, 0.5) is 0 Å². The SMILES string of the molecule is CCC(CCN)N1C(=O)CC(C)(C)C1=O. The lowest BCUT2D eigenvalue weighted by molar-refractivity contribution is -0.143. The molecule has 2 N–H and O–H groups in total. The molecule has 4 nitrogen and oxygen atoms in total. The average Bonchev–Trinajstić information content (AvgIpc) is 2.34. The summed E-state index contributed by atoms with van der Waals surface area (Å²) in [5.41, 5.74) is 4.95. The molecule has 1 rings (SSSR count). The van der Waals surface area contributed by atoms with E-state index in [1.165, 1.54) is 4.90 Å². The second-order valence-electron chi connectivity index (χ2n) is 4.77. The van der Waals surface area contributed by atoms with E-state index in [0.717, 1.165) is 6.42 Å². The van der Waals surface area contributed by atoms with E-state index in [4.69, 9.17) is 5.73 Å². The van der Waals surface area contributed by atoms with Crippen LogP contribution in [0.25, 0.3) is 0 Å². The van der Waals surface area contributed by atoms with Gasteiger partial charge < -0.3 is 5.73 Å². The van der Waals surface area contributed by atoms with Gasteiger partial charge in [0.2, 0.25) is 11.8 Å². The van der Waals surface area contributed by atoms with Gasteiger partial charge in [0.25, 0.3) is 0 Å². The Balaban J connectivity index is 2.85. The van der Waals surface area contributed by atoms with Gasteiger partial charge in [-0.05, 0) is 19.4 Å². The van der Waals surface area contributed by atoms with Crippen molar-refractivity contribution in [2.45, 2.75) is 46.1 Å². The number of imide groups is 1. The largest absolute Gasteiger partial charge is 0.330 e. The normalized spacial score (nSPS) is 22.3. The van der Waals surface area contributed by atoms with Crippen molar-refractivity contribution in [3.05, 3.63) is 0 Å². The second-order valence-corrected chi connectivity index (χ2v) is 4.77. The maximum atomic E-state index is 12.0. The van der Waals surface area contributed by atoms with E-state index < -0.39 is 5.41 Å². The van der Waals surface area contributed by atoms with Crippen molar-refractivity contribution in [2.24, 2.45) is 11.1 Å². The van der Waals surface area contributed by atoms with Crippen LogP contribution < -0.4 is 5.73 Å². The number of amides is 2. The zero-order valence-electron chi connectivity index (χ0n) is 9.75. The highest BCUT2D eigenvalue weighted by atomic mass is 16.2. The number of rotatable bonds is 4. The summed E-state index contributed by atoms with van der Waals surface area (Å²) < 4.78 is 0. The molecule has 1 atom stereocenters. The van der Waals surface area contributed by atoms with Crippen LogP contribution >= 0.6 is 0 Å². The Morgan fingerprint density at radius 3 is 2.40 bits per heavy atom. The van der Waals surface area contributed by atoms with Crippen molar-refractivity contribution < 1.29 is 9.59 Å². The number of hydrogen-bond acceptors (Lipinski definition) is 3. The summed E-state index contributed by atoms with van der Waals surface area (Å²) in [4.78, 5) is 25.1. The molecule has 0 aliphatic carbocycles. The smallest absolute Gasteiger partial charge is 0.235 e. The number of nitrogens with two attached hydrogens (primary N) is 1. The fourth-order valence-electron chi connectivity index (χ4n) is 2.06. The van der Waals surface area contributed by atoms with E-state index in [9.17, 15) is 9.59 Å². The van der Waals surface area contributed by atoms with Crippen molar-refractivity contribution >= 4 is 11.8 Å². The summed E-state index contributed by atoms with van der Waals surface area (Å²) in [7, 11) is 0. The van der Waals surface area contributed by atoms with Crippen LogP contribution in [-0.4, -0.2) is 29.3 Å². The molecule has 0 aromatic heterocycles. The molecule has 4 heteroatoms. The minimum absolute atomic E-state index is 0.0169. The molecule has 0 bridgehead atoms. The van der Waals surface area contributed by atoms with Crippen LogP contribution in [0.5, 0.6) is 0 Å². The molecule has 1 aliphatic rings. The Bertz CT molecular complexity index is 274. The van der Waals surface area contributed by atoms with Crippen LogP contribution in [-0.2, 0) is 9.59 Å². The van der Waals surface area contributed by atoms with Crippen LogP contribution in [0.15, 0.2) is 0 Å². The molecule has 1 fully saturated rings. The third kappa shape index (κ3) is 2.20. The maximum absolute atomic E-state index is 12.0. The van der Waals surface area contributed by atoms with Gasteiger partial charge in [0.15, 0.2) is 0 Å². The summed E-state index contributed by atoms with van der Waals surface area (Å²) in [6, 6.07) is -0.0169. The predicted molar refractivity (Wildman–Crippen MR) is 58.0 cm³/mol. The van der Waals surface area contributed by atoms with Crippen LogP contribution in [0.1, 0.15) is 40.0 Å². The molecule has 0 saturated carbocycles. The van der Waals surface area contributed by atoms with Crippen LogP contribution in [0.3, 0.4) is 0 Å². The summed E-state index contributed by atoms with van der Waals surface area (Å²) in [5, 5.41) is 0. The number of likely N-dealkylation sites (tertiary alicyclic amines) is 1. The van der Waals surface area contributed by atoms with Gasteiger partial charge in [0.1, 0.15) is 0 Å². The van der Waals surface area contributed by atoms with Crippen molar-refractivity contribution in [1.82, 2.24) is 4.90 Å². The summed E-state index contributed by atoms with van der Waals surface area (Å²) in [6.45, 7) is 6.13. The molecule has 1 heterocycles. The molecular weight excluding hydrogens is 192 g/mol. The molecule has 0 aromatic carbocycles. The van der Waals surface area contributed by atoms with E-state index in [0.29, 0.717) is 19.4 Å². The third-order valence-corrected chi connectivity index (χ3v) is 3.00. The van der Waals surface area contributed by atoms with Gasteiger partial charge in [-0.25, -0.2) is 0 Å². The third-order valence-electron chi connectivity index (χ3n) is 3.00. The van der Waals surface area contributed by atoms with Gasteiger partial charge in [-0.3, -0.25) is 14.5 Å². The topological polar surface area (TPSA) is 63.4 Å². The van der Waals surface area contributed by atoms with E-state index in [2.05, 4.69) is 0 Å². The minimum atomic E-state index is -0.529. The van der Waals surface area contributed by atoms with Crippen molar-refractivity contribution in [3.63, 3.8) is 0 Å². The first-order valence-corrected chi connectivity index (χ1v) is 5.50. The molecule has 1 aliphatic heterocycles. The lowest BCUT2D eigenvalue weighted by Gasteiger charge is -2.26. The number of carbonyl (C=O) groups is 2. The Hall–Kier alpha value is -0.900. The number of hydrogen-bond donors (Lipinski definition) is 1. The highest BCUT2D eigenvalue weighted by Gasteiger charge is 2.46. The van der Waals surface area contributed by atoms with Gasteiger partial charge >= 0.3 is 0 Å². The molecule has 15 heavy (non-hydrogen) atoms. The summed E-state index contributed by atoms with van der Waals surface area (Å²) in [6.07, 6.45) is 1.81. The minimum Gasteiger partial charge on any atom is -0.330 e. The van der Waals surface area contributed by atoms with Gasteiger partial charge in [0, 0.05) is 12.5 Å². The van der Waals surface area contributed by atoms with Gasteiger partial charge in [-0.15, -0.1) is 0 Å². The molecule has 2 amide bonds. The number of carbonyl (C=O) groups excluding carboxylic acids is 2. The number of nitrogens with zero attached hydrogens (tertiary/aromatic N) is 1. The lowest BCUT2D eigenvalue weighted by Crippen LogP contribution is -2.42. The Labute approximate surface area is 90.8 Å². The quantitative estimate of drug-likeness (QED) is 0.704. The van der Waals surface area contributed by atoms with E-state index in [-0.39, 0.29) is 17.9 Å². The van der Waals surface area contributed by atoms with E-state index in [1.807, 2.05) is 20.8 Å². The lowest BCUT2D eigenvalue weighted by atomic mass is 9.92. The van der Waals surface area contributed by atoms with Crippen LogP contribution in [0, 0.1) is 5.41 Å².